The van der Waals surface area contributed by atoms with Crippen molar-refractivity contribution in [1.29, 1.82) is 0 Å². The van der Waals surface area contributed by atoms with Gasteiger partial charge < -0.3 is 5.73 Å². The number of rotatable bonds is 3. The summed E-state index contributed by atoms with van der Waals surface area (Å²) in [5, 5.41) is 0.882. The van der Waals surface area contributed by atoms with Gasteiger partial charge in [0, 0.05) is 10.9 Å². The fourth-order valence-electron chi connectivity index (χ4n) is 3.06. The maximum absolute atomic E-state index is 6.30. The van der Waals surface area contributed by atoms with E-state index < -0.39 is 0 Å². The fraction of sp³-hybridized carbons (Fsp3) is 0.600. The van der Waals surface area contributed by atoms with Crippen molar-refractivity contribution in [3.8, 4) is 0 Å². The van der Waals surface area contributed by atoms with Crippen LogP contribution < -0.4 is 5.73 Å². The van der Waals surface area contributed by atoms with Gasteiger partial charge in [-0.05, 0) is 36.9 Å². The molecule has 0 amide bonds. The predicted octanol–water partition coefficient (Wildman–Crippen LogP) is 4.35. The molecule has 0 aromatic heterocycles. The van der Waals surface area contributed by atoms with Crippen LogP contribution in [0.3, 0.4) is 0 Å². The molecule has 0 radical (unpaired) electrons. The van der Waals surface area contributed by atoms with Gasteiger partial charge in [0.25, 0.3) is 0 Å². The summed E-state index contributed by atoms with van der Waals surface area (Å²) in [6, 6.07) is 8.19. The molecular weight excluding hydrogens is 230 g/mol. The lowest BCUT2D eigenvalue weighted by atomic mass is 9.81. The molecule has 0 bridgehead atoms. The largest absolute Gasteiger partial charge is 0.330 e. The van der Waals surface area contributed by atoms with Gasteiger partial charge in [-0.1, -0.05) is 55.5 Å². The molecule has 1 nitrogen and oxygen atoms in total. The molecule has 0 spiro atoms. The van der Waals surface area contributed by atoms with Crippen LogP contribution in [-0.2, 0) is 0 Å². The molecule has 2 rings (SSSR count). The fourth-order valence-corrected chi connectivity index (χ4v) is 3.34. The molecule has 94 valence electrons. The molecule has 0 heterocycles. The zero-order valence-electron chi connectivity index (χ0n) is 10.4. The second-order valence-corrected chi connectivity index (χ2v) is 5.52. The van der Waals surface area contributed by atoms with Crippen LogP contribution in [0.25, 0.3) is 0 Å². The lowest BCUT2D eigenvalue weighted by molar-refractivity contribution is 0.380. The summed E-state index contributed by atoms with van der Waals surface area (Å²) in [7, 11) is 0. The summed E-state index contributed by atoms with van der Waals surface area (Å²) < 4.78 is 0. The summed E-state index contributed by atoms with van der Waals surface area (Å²) in [6.07, 6.45) is 8.10. The molecule has 1 fully saturated rings. The average Bonchev–Trinajstić information content (AvgIpc) is 2.62. The van der Waals surface area contributed by atoms with E-state index >= 15 is 0 Å². The van der Waals surface area contributed by atoms with Gasteiger partial charge in [-0.25, -0.2) is 0 Å². The lowest BCUT2D eigenvalue weighted by Crippen LogP contribution is -2.21. The van der Waals surface area contributed by atoms with Crippen molar-refractivity contribution in [2.75, 3.05) is 6.54 Å². The third-order valence-corrected chi connectivity index (χ3v) is 4.37. The highest BCUT2D eigenvalue weighted by Gasteiger charge is 2.24. The normalized spacial score (nSPS) is 19.9. The van der Waals surface area contributed by atoms with Crippen LogP contribution in [0.1, 0.15) is 50.0 Å². The summed E-state index contributed by atoms with van der Waals surface area (Å²) in [4.78, 5) is 0. The van der Waals surface area contributed by atoms with Crippen LogP contribution >= 0.6 is 11.6 Å². The van der Waals surface area contributed by atoms with Gasteiger partial charge in [0.2, 0.25) is 0 Å². The quantitative estimate of drug-likeness (QED) is 0.794. The SMILES string of the molecule is NCC(c1ccccc1Cl)C1CCCCCC1. The van der Waals surface area contributed by atoms with E-state index in [1.807, 2.05) is 12.1 Å². The molecule has 2 N–H and O–H groups in total. The van der Waals surface area contributed by atoms with Gasteiger partial charge in [0.1, 0.15) is 0 Å². The van der Waals surface area contributed by atoms with Gasteiger partial charge in [-0.2, -0.15) is 0 Å². The molecule has 1 unspecified atom stereocenters. The molecule has 1 aliphatic rings. The Morgan fingerprint density at radius 3 is 2.35 bits per heavy atom. The lowest BCUT2D eigenvalue weighted by Gasteiger charge is -2.26. The summed E-state index contributed by atoms with van der Waals surface area (Å²) in [5.74, 6) is 1.17. The van der Waals surface area contributed by atoms with Crippen LogP contribution in [-0.4, -0.2) is 6.54 Å². The number of hydrogen-bond acceptors (Lipinski definition) is 1. The summed E-state index contributed by atoms with van der Waals surface area (Å²) >= 11 is 6.30. The van der Waals surface area contributed by atoms with Crippen LogP contribution in [0.4, 0.5) is 0 Å². The Hall–Kier alpha value is -0.530. The molecule has 0 aliphatic heterocycles. The Morgan fingerprint density at radius 2 is 1.76 bits per heavy atom. The highest BCUT2D eigenvalue weighted by Crippen LogP contribution is 2.37. The maximum Gasteiger partial charge on any atom is 0.0441 e. The molecule has 1 atom stereocenters. The van der Waals surface area contributed by atoms with E-state index in [2.05, 4.69) is 12.1 Å². The van der Waals surface area contributed by atoms with Crippen molar-refractivity contribution in [1.82, 2.24) is 0 Å². The Labute approximate surface area is 109 Å². The van der Waals surface area contributed by atoms with Gasteiger partial charge >= 0.3 is 0 Å². The first-order valence-corrected chi connectivity index (χ1v) is 7.15. The molecule has 1 aromatic rings. The number of nitrogens with two attached hydrogens (primary N) is 1. The topological polar surface area (TPSA) is 26.0 Å². The van der Waals surface area contributed by atoms with Crippen LogP contribution in [0, 0.1) is 5.92 Å². The first kappa shape index (κ1) is 12.9. The number of hydrogen-bond donors (Lipinski definition) is 1. The van der Waals surface area contributed by atoms with E-state index in [4.69, 9.17) is 17.3 Å². The molecule has 2 heteroatoms. The zero-order valence-corrected chi connectivity index (χ0v) is 11.1. The van der Waals surface area contributed by atoms with Crippen molar-refractivity contribution in [3.05, 3.63) is 34.9 Å². The van der Waals surface area contributed by atoms with E-state index in [9.17, 15) is 0 Å². The smallest absolute Gasteiger partial charge is 0.0441 e. The number of halogens is 1. The Morgan fingerprint density at radius 1 is 1.12 bits per heavy atom. The van der Waals surface area contributed by atoms with Gasteiger partial charge in [-0.15, -0.1) is 0 Å². The van der Waals surface area contributed by atoms with Crippen LogP contribution in [0.15, 0.2) is 24.3 Å². The average molecular weight is 252 g/mol. The molecule has 1 saturated carbocycles. The zero-order chi connectivity index (χ0) is 12.1. The van der Waals surface area contributed by atoms with E-state index in [0.29, 0.717) is 12.5 Å². The van der Waals surface area contributed by atoms with E-state index in [-0.39, 0.29) is 0 Å². The van der Waals surface area contributed by atoms with Crippen molar-refractivity contribution in [2.24, 2.45) is 11.7 Å². The number of benzene rings is 1. The minimum atomic E-state index is 0.446. The van der Waals surface area contributed by atoms with Gasteiger partial charge in [-0.3, -0.25) is 0 Å². The third-order valence-electron chi connectivity index (χ3n) is 4.03. The maximum atomic E-state index is 6.30. The van der Waals surface area contributed by atoms with Gasteiger partial charge in [0.15, 0.2) is 0 Å². The van der Waals surface area contributed by atoms with Gasteiger partial charge in [0.05, 0.1) is 0 Å². The van der Waals surface area contributed by atoms with E-state index in [1.54, 1.807) is 0 Å². The second kappa shape index (κ2) is 6.42. The molecule has 17 heavy (non-hydrogen) atoms. The molecule has 1 aliphatic carbocycles. The minimum Gasteiger partial charge on any atom is -0.330 e. The standard InChI is InChI=1S/C15H22ClN/c16-15-10-6-5-9-13(15)14(11-17)12-7-3-1-2-4-8-12/h5-6,9-10,12,14H,1-4,7-8,11,17H2. The van der Waals surface area contributed by atoms with Crippen molar-refractivity contribution in [3.63, 3.8) is 0 Å². The van der Waals surface area contributed by atoms with Crippen molar-refractivity contribution < 1.29 is 0 Å². The first-order valence-electron chi connectivity index (χ1n) is 6.77. The minimum absolute atomic E-state index is 0.446. The molecular formula is C15H22ClN. The Balaban J connectivity index is 2.17. The molecule has 0 saturated heterocycles. The Bertz CT molecular complexity index is 343. The van der Waals surface area contributed by atoms with E-state index in [0.717, 1.165) is 10.9 Å². The third kappa shape index (κ3) is 3.23. The predicted molar refractivity (Wildman–Crippen MR) is 74.4 cm³/mol. The van der Waals surface area contributed by atoms with Crippen molar-refractivity contribution >= 4 is 11.6 Å². The summed E-state index contributed by atoms with van der Waals surface area (Å²) in [6.45, 7) is 0.717. The van der Waals surface area contributed by atoms with Crippen LogP contribution in [0.2, 0.25) is 5.02 Å². The molecule has 1 aromatic carbocycles. The highest BCUT2D eigenvalue weighted by atomic mass is 35.5. The van der Waals surface area contributed by atoms with Crippen LogP contribution in [0.5, 0.6) is 0 Å². The second-order valence-electron chi connectivity index (χ2n) is 5.12. The van der Waals surface area contributed by atoms with Crippen molar-refractivity contribution in [2.45, 2.75) is 44.4 Å². The summed E-state index contributed by atoms with van der Waals surface area (Å²) in [5.41, 5.74) is 7.25. The van der Waals surface area contributed by atoms with E-state index in [1.165, 1.54) is 44.1 Å². The first-order chi connectivity index (χ1) is 8.33. The highest BCUT2D eigenvalue weighted by molar-refractivity contribution is 6.31. The Kier molecular flexibility index (Phi) is 4.87. The monoisotopic (exact) mass is 251 g/mol.